The molecule has 0 aliphatic heterocycles. The van der Waals surface area contributed by atoms with E-state index in [1.807, 2.05) is 54.6 Å². The standard InChI is InChI=1S/C25H19ClNOP/c26-21-18-16-20(17-19-21)25(28)27-29(22-10-4-1-5-11-22,23-12-6-2-7-13-23)24-14-8-3-9-15-24/h1-19H. The van der Waals surface area contributed by atoms with Crippen LogP contribution < -0.4 is 15.9 Å². The van der Waals surface area contributed by atoms with Crippen molar-refractivity contribution in [3.05, 3.63) is 126 Å². The maximum atomic E-state index is 13.3. The molecule has 0 N–H and O–H groups in total. The van der Waals surface area contributed by atoms with Crippen molar-refractivity contribution in [2.24, 2.45) is 4.74 Å². The molecule has 4 heteroatoms. The molecule has 1 amide bonds. The molecule has 0 aromatic heterocycles. The van der Waals surface area contributed by atoms with Gasteiger partial charge >= 0.3 is 0 Å². The van der Waals surface area contributed by atoms with Crippen LogP contribution in [0.5, 0.6) is 0 Å². The van der Waals surface area contributed by atoms with Gasteiger partial charge in [-0.3, -0.25) is 4.79 Å². The normalized spacial score (nSPS) is 11.1. The number of nitrogens with zero attached hydrogens (tertiary/aromatic N) is 1. The van der Waals surface area contributed by atoms with E-state index in [9.17, 15) is 4.79 Å². The van der Waals surface area contributed by atoms with E-state index >= 15 is 0 Å². The van der Waals surface area contributed by atoms with Crippen molar-refractivity contribution in [1.29, 1.82) is 0 Å². The van der Waals surface area contributed by atoms with Crippen LogP contribution in [0, 0.1) is 0 Å². The number of halogens is 1. The van der Waals surface area contributed by atoms with Gasteiger partial charge in [-0.1, -0.05) is 103 Å². The van der Waals surface area contributed by atoms with Gasteiger partial charge in [0.15, 0.2) is 0 Å². The summed E-state index contributed by atoms with van der Waals surface area (Å²) in [5, 5.41) is 3.72. The lowest BCUT2D eigenvalue weighted by Gasteiger charge is -2.26. The molecule has 2 nitrogen and oxygen atoms in total. The van der Waals surface area contributed by atoms with Gasteiger partial charge in [-0.2, -0.15) is 0 Å². The second-order valence-corrected chi connectivity index (χ2v) is 10.0. The minimum atomic E-state index is -2.54. The topological polar surface area (TPSA) is 29.4 Å². The average molecular weight is 416 g/mol. The minimum Gasteiger partial charge on any atom is -0.267 e. The first-order valence-corrected chi connectivity index (χ1v) is 11.4. The van der Waals surface area contributed by atoms with E-state index in [0.717, 1.165) is 15.9 Å². The zero-order valence-corrected chi connectivity index (χ0v) is 17.3. The summed E-state index contributed by atoms with van der Waals surface area (Å²) >= 11 is 6.00. The SMILES string of the molecule is O=C(N=P(c1ccccc1)(c1ccccc1)c1ccccc1)c1ccc(Cl)cc1. The van der Waals surface area contributed by atoms with Crippen molar-refractivity contribution in [2.75, 3.05) is 0 Å². The van der Waals surface area contributed by atoms with E-state index in [1.54, 1.807) is 24.3 Å². The summed E-state index contributed by atoms with van der Waals surface area (Å²) < 4.78 is 4.95. The van der Waals surface area contributed by atoms with Crippen molar-refractivity contribution in [3.63, 3.8) is 0 Å². The number of benzene rings is 4. The van der Waals surface area contributed by atoms with E-state index in [4.69, 9.17) is 16.3 Å². The van der Waals surface area contributed by atoms with Crippen LogP contribution in [0.3, 0.4) is 0 Å². The monoisotopic (exact) mass is 415 g/mol. The summed E-state index contributed by atoms with van der Waals surface area (Å²) in [5.74, 6) is -0.244. The van der Waals surface area contributed by atoms with Crippen molar-refractivity contribution in [2.45, 2.75) is 0 Å². The van der Waals surface area contributed by atoms with E-state index in [1.165, 1.54) is 0 Å². The molecule has 0 saturated heterocycles. The zero-order chi connectivity index (χ0) is 20.1. The molecule has 4 rings (SSSR count). The lowest BCUT2D eigenvalue weighted by molar-refractivity contribution is 0.100. The first-order chi connectivity index (χ1) is 14.2. The van der Waals surface area contributed by atoms with Gasteiger partial charge in [0.1, 0.15) is 0 Å². The van der Waals surface area contributed by atoms with Crippen LogP contribution in [0.15, 0.2) is 120 Å². The van der Waals surface area contributed by atoms with Crippen molar-refractivity contribution in [1.82, 2.24) is 0 Å². The highest BCUT2D eigenvalue weighted by Crippen LogP contribution is 2.46. The van der Waals surface area contributed by atoms with Gasteiger partial charge in [0.2, 0.25) is 0 Å². The van der Waals surface area contributed by atoms with E-state index in [0.29, 0.717) is 10.6 Å². The van der Waals surface area contributed by atoms with Gasteiger partial charge in [0.25, 0.3) is 5.91 Å². The summed E-state index contributed by atoms with van der Waals surface area (Å²) in [6, 6.07) is 37.2. The summed E-state index contributed by atoms with van der Waals surface area (Å²) in [6.07, 6.45) is 0. The third-order valence-corrected chi connectivity index (χ3v) is 8.59. The summed E-state index contributed by atoms with van der Waals surface area (Å²) in [4.78, 5) is 13.3. The lowest BCUT2D eigenvalue weighted by Crippen LogP contribution is -2.26. The van der Waals surface area contributed by atoms with Crippen molar-refractivity contribution >= 4 is 40.5 Å². The molecule has 29 heavy (non-hydrogen) atoms. The highest BCUT2D eigenvalue weighted by molar-refractivity contribution is 7.87. The Bertz CT molecular complexity index is 1050. The Morgan fingerprint density at radius 2 is 0.966 bits per heavy atom. The number of carbonyl (C=O) groups is 1. The first-order valence-electron chi connectivity index (χ1n) is 9.29. The van der Waals surface area contributed by atoms with Crippen LogP contribution in [-0.2, 0) is 0 Å². The van der Waals surface area contributed by atoms with Gasteiger partial charge in [-0.15, -0.1) is 0 Å². The second-order valence-electron chi connectivity index (χ2n) is 6.55. The molecule has 4 aromatic carbocycles. The summed E-state index contributed by atoms with van der Waals surface area (Å²) in [5.41, 5.74) is 0.529. The fourth-order valence-corrected chi connectivity index (χ4v) is 6.90. The second kappa shape index (κ2) is 8.61. The highest BCUT2D eigenvalue weighted by atomic mass is 35.5. The number of rotatable bonds is 4. The Kier molecular flexibility index (Phi) is 5.76. The van der Waals surface area contributed by atoms with Crippen LogP contribution in [0.25, 0.3) is 0 Å². The maximum Gasteiger partial charge on any atom is 0.276 e. The Morgan fingerprint density at radius 1 is 0.586 bits per heavy atom. The molecule has 0 unspecified atom stereocenters. The van der Waals surface area contributed by atoms with E-state index in [-0.39, 0.29) is 5.91 Å². The lowest BCUT2D eigenvalue weighted by atomic mass is 10.2. The van der Waals surface area contributed by atoms with Crippen molar-refractivity contribution < 1.29 is 4.79 Å². The van der Waals surface area contributed by atoms with Gasteiger partial charge in [-0.25, -0.2) is 4.74 Å². The first kappa shape index (κ1) is 19.4. The molecule has 0 atom stereocenters. The van der Waals surface area contributed by atoms with Crippen LogP contribution in [0.2, 0.25) is 5.02 Å². The fourth-order valence-electron chi connectivity index (χ4n) is 3.34. The third kappa shape index (κ3) is 3.96. The van der Waals surface area contributed by atoms with Crippen LogP contribution in [0.4, 0.5) is 0 Å². The molecular weight excluding hydrogens is 397 g/mol. The van der Waals surface area contributed by atoms with E-state index < -0.39 is 7.05 Å². The number of hydrogen-bond acceptors (Lipinski definition) is 1. The maximum absolute atomic E-state index is 13.3. The quantitative estimate of drug-likeness (QED) is 0.395. The van der Waals surface area contributed by atoms with Crippen LogP contribution in [-0.4, -0.2) is 5.91 Å². The molecule has 0 aliphatic rings. The Labute approximate surface area is 175 Å². The van der Waals surface area contributed by atoms with Gasteiger partial charge in [0.05, 0.1) is 7.05 Å². The minimum absolute atomic E-state index is 0.244. The molecule has 0 radical (unpaired) electrons. The fraction of sp³-hybridized carbons (Fsp3) is 0. The number of amides is 1. The predicted molar refractivity (Wildman–Crippen MR) is 123 cm³/mol. The van der Waals surface area contributed by atoms with Crippen molar-refractivity contribution in [3.8, 4) is 0 Å². The van der Waals surface area contributed by atoms with Gasteiger partial charge in [0, 0.05) is 26.5 Å². The Morgan fingerprint density at radius 3 is 1.34 bits per heavy atom. The molecule has 4 aromatic rings. The highest BCUT2D eigenvalue weighted by Gasteiger charge is 2.28. The molecule has 0 bridgehead atoms. The molecule has 0 saturated carbocycles. The molecule has 0 aliphatic carbocycles. The average Bonchev–Trinajstić information content (AvgIpc) is 2.79. The molecule has 0 fully saturated rings. The molecule has 142 valence electrons. The molecule has 0 spiro atoms. The number of carbonyl (C=O) groups excluding carboxylic acids is 1. The van der Waals surface area contributed by atoms with Crippen LogP contribution >= 0.6 is 18.7 Å². The van der Waals surface area contributed by atoms with Gasteiger partial charge < -0.3 is 0 Å². The van der Waals surface area contributed by atoms with E-state index in [2.05, 4.69) is 36.4 Å². The molecular formula is C25H19ClNOP. The Hall–Kier alpha value is -2.93. The number of hydrogen-bond donors (Lipinski definition) is 0. The molecule has 0 heterocycles. The third-order valence-electron chi connectivity index (χ3n) is 4.72. The predicted octanol–water partition coefficient (Wildman–Crippen LogP) is 5.66. The smallest absolute Gasteiger partial charge is 0.267 e. The van der Waals surface area contributed by atoms with Crippen LogP contribution in [0.1, 0.15) is 10.4 Å². The van der Waals surface area contributed by atoms with Gasteiger partial charge in [-0.05, 0) is 24.3 Å². The summed E-state index contributed by atoms with van der Waals surface area (Å²) in [6.45, 7) is 0. The Balaban J connectivity index is 2.05. The largest absolute Gasteiger partial charge is 0.276 e. The summed E-state index contributed by atoms with van der Waals surface area (Å²) in [7, 11) is -2.54. The zero-order valence-electron chi connectivity index (χ0n) is 15.7.